The van der Waals surface area contributed by atoms with Crippen LogP contribution in [0, 0.1) is 6.92 Å². The fourth-order valence-corrected chi connectivity index (χ4v) is 3.29. The Morgan fingerprint density at radius 1 is 1.00 bits per heavy atom. The first-order valence-electron chi connectivity index (χ1n) is 8.21. The van der Waals surface area contributed by atoms with Crippen LogP contribution in [0.4, 0.5) is 0 Å². The molecular formula is C20H25NO2. The Hall–Kier alpha value is -2.00. The summed E-state index contributed by atoms with van der Waals surface area (Å²) in [5.41, 5.74) is 5.50. The summed E-state index contributed by atoms with van der Waals surface area (Å²) >= 11 is 0. The molecule has 1 aliphatic heterocycles. The van der Waals surface area contributed by atoms with E-state index in [1.165, 1.54) is 22.3 Å². The number of rotatable bonds is 5. The lowest BCUT2D eigenvalue weighted by molar-refractivity contribution is 0.255. The van der Waals surface area contributed by atoms with Crippen LogP contribution in [0.25, 0.3) is 0 Å². The fraction of sp³-hybridized carbons (Fsp3) is 0.400. The Kier molecular flexibility index (Phi) is 4.87. The van der Waals surface area contributed by atoms with Gasteiger partial charge in [-0.1, -0.05) is 29.8 Å². The van der Waals surface area contributed by atoms with Crippen molar-refractivity contribution in [2.75, 3.05) is 27.3 Å². The molecule has 0 radical (unpaired) electrons. The maximum absolute atomic E-state index is 5.44. The van der Waals surface area contributed by atoms with Gasteiger partial charge < -0.3 is 9.47 Å². The van der Waals surface area contributed by atoms with Gasteiger partial charge in [0.1, 0.15) is 0 Å². The molecule has 0 saturated heterocycles. The highest BCUT2D eigenvalue weighted by Crippen LogP contribution is 2.33. The minimum Gasteiger partial charge on any atom is -0.493 e. The van der Waals surface area contributed by atoms with E-state index in [4.69, 9.17) is 9.47 Å². The largest absolute Gasteiger partial charge is 0.493 e. The van der Waals surface area contributed by atoms with E-state index in [1.54, 1.807) is 14.2 Å². The summed E-state index contributed by atoms with van der Waals surface area (Å²) in [7, 11) is 3.39. The molecule has 1 aliphatic rings. The van der Waals surface area contributed by atoms with E-state index >= 15 is 0 Å². The first-order valence-corrected chi connectivity index (χ1v) is 8.21. The molecule has 0 aliphatic carbocycles. The van der Waals surface area contributed by atoms with Crippen molar-refractivity contribution in [1.29, 1.82) is 0 Å². The van der Waals surface area contributed by atoms with Gasteiger partial charge in [-0.15, -0.1) is 0 Å². The number of hydrogen-bond donors (Lipinski definition) is 0. The third-order valence-electron chi connectivity index (χ3n) is 4.60. The van der Waals surface area contributed by atoms with Crippen LogP contribution in [0.5, 0.6) is 11.5 Å². The lowest BCUT2D eigenvalue weighted by Crippen LogP contribution is -2.32. The first-order chi connectivity index (χ1) is 11.2. The van der Waals surface area contributed by atoms with Crippen LogP contribution >= 0.6 is 0 Å². The van der Waals surface area contributed by atoms with Crippen LogP contribution in [0.3, 0.4) is 0 Å². The molecule has 1 heterocycles. The number of methoxy groups -OCH3 is 2. The van der Waals surface area contributed by atoms with Crippen LogP contribution in [-0.4, -0.2) is 32.2 Å². The van der Waals surface area contributed by atoms with E-state index in [1.807, 2.05) is 0 Å². The van der Waals surface area contributed by atoms with Crippen molar-refractivity contribution >= 4 is 0 Å². The molecule has 0 N–H and O–H groups in total. The molecule has 2 aromatic rings. The van der Waals surface area contributed by atoms with Gasteiger partial charge >= 0.3 is 0 Å². The average Bonchev–Trinajstić information content (AvgIpc) is 2.58. The summed E-state index contributed by atoms with van der Waals surface area (Å²) in [6.45, 7) is 5.34. The smallest absolute Gasteiger partial charge is 0.161 e. The monoisotopic (exact) mass is 311 g/mol. The molecule has 0 spiro atoms. The molecule has 0 saturated carbocycles. The SMILES string of the molecule is COc1cc2c(cc1OC)CN(CCc1cccc(C)c1)CC2. The van der Waals surface area contributed by atoms with Crippen molar-refractivity contribution in [3.05, 3.63) is 58.7 Å². The number of ether oxygens (including phenoxy) is 2. The Balaban J connectivity index is 1.67. The minimum atomic E-state index is 0.826. The second kappa shape index (κ2) is 7.05. The number of hydrogen-bond acceptors (Lipinski definition) is 3. The zero-order valence-corrected chi connectivity index (χ0v) is 14.3. The molecule has 0 unspecified atom stereocenters. The third kappa shape index (κ3) is 3.67. The number of aryl methyl sites for hydroxylation is 1. The lowest BCUT2D eigenvalue weighted by Gasteiger charge is -2.29. The van der Waals surface area contributed by atoms with Gasteiger partial charge in [0.2, 0.25) is 0 Å². The van der Waals surface area contributed by atoms with Crippen molar-refractivity contribution in [2.45, 2.75) is 26.3 Å². The first kappa shape index (κ1) is 15.9. The van der Waals surface area contributed by atoms with E-state index in [0.29, 0.717) is 0 Å². The summed E-state index contributed by atoms with van der Waals surface area (Å²) in [6, 6.07) is 13.1. The van der Waals surface area contributed by atoms with Crippen molar-refractivity contribution < 1.29 is 9.47 Å². The standard InChI is InChI=1S/C20H25NO2/c1-15-5-4-6-16(11-15)7-9-21-10-8-17-12-19(22-2)20(23-3)13-18(17)14-21/h4-6,11-13H,7-10,14H2,1-3H3. The fourth-order valence-electron chi connectivity index (χ4n) is 3.29. The molecule has 2 aromatic carbocycles. The summed E-state index contributed by atoms with van der Waals surface area (Å²) in [4.78, 5) is 2.52. The Bertz CT molecular complexity index is 681. The van der Waals surface area contributed by atoms with Crippen LogP contribution in [0.2, 0.25) is 0 Å². The molecule has 0 atom stereocenters. The molecule has 3 heteroatoms. The third-order valence-corrected chi connectivity index (χ3v) is 4.60. The van der Waals surface area contributed by atoms with Gasteiger partial charge in [0, 0.05) is 19.6 Å². The van der Waals surface area contributed by atoms with E-state index in [0.717, 1.165) is 44.0 Å². The topological polar surface area (TPSA) is 21.7 Å². The van der Waals surface area contributed by atoms with E-state index in [2.05, 4.69) is 48.2 Å². The maximum atomic E-state index is 5.44. The number of nitrogens with zero attached hydrogens (tertiary/aromatic N) is 1. The minimum absolute atomic E-state index is 0.826. The summed E-state index contributed by atoms with van der Waals surface area (Å²) < 4.78 is 10.8. The van der Waals surface area contributed by atoms with Gasteiger partial charge in [-0.3, -0.25) is 4.90 Å². The molecule has 0 fully saturated rings. The zero-order chi connectivity index (χ0) is 16.2. The molecule has 23 heavy (non-hydrogen) atoms. The normalized spacial score (nSPS) is 14.4. The van der Waals surface area contributed by atoms with Gasteiger partial charge in [-0.05, 0) is 48.6 Å². The van der Waals surface area contributed by atoms with Crippen LogP contribution < -0.4 is 9.47 Å². The molecule has 3 rings (SSSR count). The Labute approximate surface area is 138 Å². The highest BCUT2D eigenvalue weighted by atomic mass is 16.5. The molecular weight excluding hydrogens is 286 g/mol. The van der Waals surface area contributed by atoms with E-state index in [9.17, 15) is 0 Å². The van der Waals surface area contributed by atoms with Crippen molar-refractivity contribution in [3.8, 4) is 11.5 Å². The predicted octanol–water partition coefficient (Wildman–Crippen LogP) is 3.61. The van der Waals surface area contributed by atoms with Crippen molar-refractivity contribution in [3.63, 3.8) is 0 Å². The van der Waals surface area contributed by atoms with Gasteiger partial charge in [-0.25, -0.2) is 0 Å². The van der Waals surface area contributed by atoms with Gasteiger partial charge in [0.15, 0.2) is 11.5 Å². The summed E-state index contributed by atoms with van der Waals surface area (Å²) in [6.07, 6.45) is 2.17. The Morgan fingerprint density at radius 2 is 1.74 bits per heavy atom. The maximum Gasteiger partial charge on any atom is 0.161 e. The van der Waals surface area contributed by atoms with Crippen LogP contribution in [-0.2, 0) is 19.4 Å². The van der Waals surface area contributed by atoms with Gasteiger partial charge in [0.05, 0.1) is 14.2 Å². The number of benzene rings is 2. The molecule has 0 bridgehead atoms. The quantitative estimate of drug-likeness (QED) is 0.842. The molecule has 3 nitrogen and oxygen atoms in total. The zero-order valence-electron chi connectivity index (χ0n) is 14.3. The molecule has 0 aromatic heterocycles. The van der Waals surface area contributed by atoms with Crippen LogP contribution in [0.15, 0.2) is 36.4 Å². The summed E-state index contributed by atoms with van der Waals surface area (Å²) in [5, 5.41) is 0. The molecule has 122 valence electrons. The molecule has 0 amide bonds. The highest BCUT2D eigenvalue weighted by molar-refractivity contribution is 5.48. The van der Waals surface area contributed by atoms with Crippen molar-refractivity contribution in [1.82, 2.24) is 4.90 Å². The average molecular weight is 311 g/mol. The second-order valence-electron chi connectivity index (χ2n) is 6.24. The lowest BCUT2D eigenvalue weighted by atomic mass is 9.98. The Morgan fingerprint density at radius 3 is 2.43 bits per heavy atom. The highest BCUT2D eigenvalue weighted by Gasteiger charge is 2.19. The van der Waals surface area contributed by atoms with Gasteiger partial charge in [0.25, 0.3) is 0 Å². The van der Waals surface area contributed by atoms with Crippen molar-refractivity contribution in [2.24, 2.45) is 0 Å². The second-order valence-corrected chi connectivity index (χ2v) is 6.24. The van der Waals surface area contributed by atoms with Gasteiger partial charge in [-0.2, -0.15) is 0 Å². The van der Waals surface area contributed by atoms with Crippen LogP contribution in [0.1, 0.15) is 22.3 Å². The summed E-state index contributed by atoms with van der Waals surface area (Å²) in [5.74, 6) is 1.66. The number of fused-ring (bicyclic) bond motifs is 1. The van der Waals surface area contributed by atoms with E-state index in [-0.39, 0.29) is 0 Å². The van der Waals surface area contributed by atoms with E-state index < -0.39 is 0 Å². The predicted molar refractivity (Wildman–Crippen MR) is 93.4 cm³/mol.